The van der Waals surface area contributed by atoms with Crippen molar-refractivity contribution in [3.05, 3.63) is 29.3 Å². The molecular weight excluding hydrogens is 322 g/mol. The van der Waals surface area contributed by atoms with Crippen molar-refractivity contribution < 1.29 is 9.59 Å². The van der Waals surface area contributed by atoms with E-state index in [0.29, 0.717) is 22.4 Å². The van der Waals surface area contributed by atoms with Crippen molar-refractivity contribution >= 4 is 46.0 Å². The number of hydrogen-bond donors (Lipinski definition) is 1. The van der Waals surface area contributed by atoms with Gasteiger partial charge in [0.25, 0.3) is 0 Å². The number of halogens is 1. The number of rotatable bonds is 4. The molecule has 1 heterocycles. The maximum Gasteiger partial charge on any atom is 0.247 e. The van der Waals surface area contributed by atoms with Gasteiger partial charge in [-0.1, -0.05) is 29.4 Å². The lowest BCUT2D eigenvalue weighted by Crippen LogP contribution is -2.32. The first-order valence-corrected chi connectivity index (χ1v) is 8.39. The van der Waals surface area contributed by atoms with Crippen molar-refractivity contribution in [1.29, 1.82) is 0 Å². The minimum absolute atomic E-state index is 0.171. The van der Waals surface area contributed by atoms with E-state index in [1.807, 2.05) is 13.8 Å². The molecule has 0 aromatic heterocycles. The van der Waals surface area contributed by atoms with Gasteiger partial charge in [0.05, 0.1) is 5.69 Å². The number of hydrogen-bond acceptors (Lipinski definition) is 4. The molecule has 0 spiro atoms. The average molecular weight is 340 g/mol. The van der Waals surface area contributed by atoms with Crippen molar-refractivity contribution in [1.82, 2.24) is 5.32 Å². The molecular formula is C15H18ClN3O2S. The van der Waals surface area contributed by atoms with Gasteiger partial charge in [0.1, 0.15) is 5.25 Å². The predicted octanol–water partition coefficient (Wildman–Crippen LogP) is 2.69. The Morgan fingerprint density at radius 2 is 2.23 bits per heavy atom. The number of anilines is 1. The van der Waals surface area contributed by atoms with E-state index in [0.717, 1.165) is 6.54 Å². The molecule has 1 aromatic carbocycles. The van der Waals surface area contributed by atoms with Gasteiger partial charge in [-0.2, -0.15) is 0 Å². The maximum absolute atomic E-state index is 12.5. The molecule has 1 atom stereocenters. The van der Waals surface area contributed by atoms with Crippen molar-refractivity contribution in [3.8, 4) is 0 Å². The highest BCUT2D eigenvalue weighted by Crippen LogP contribution is 2.31. The van der Waals surface area contributed by atoms with Gasteiger partial charge < -0.3 is 5.32 Å². The fourth-order valence-corrected chi connectivity index (χ4v) is 3.46. The minimum atomic E-state index is -0.448. The molecule has 1 fully saturated rings. The summed E-state index contributed by atoms with van der Waals surface area (Å²) in [6.07, 6.45) is 0.171. The number of amidine groups is 1. The summed E-state index contributed by atoms with van der Waals surface area (Å²) in [5.74, 6) is -0.434. The van der Waals surface area contributed by atoms with Gasteiger partial charge in [0, 0.05) is 24.5 Å². The lowest BCUT2D eigenvalue weighted by molar-refractivity contribution is -0.121. The molecule has 0 aliphatic carbocycles. The molecule has 22 heavy (non-hydrogen) atoms. The fourth-order valence-electron chi connectivity index (χ4n) is 2.15. The molecule has 118 valence electrons. The molecule has 0 bridgehead atoms. The van der Waals surface area contributed by atoms with Gasteiger partial charge >= 0.3 is 0 Å². The van der Waals surface area contributed by atoms with Crippen molar-refractivity contribution in [2.24, 2.45) is 4.99 Å². The van der Waals surface area contributed by atoms with E-state index in [9.17, 15) is 9.59 Å². The first-order chi connectivity index (χ1) is 10.6. The smallest absolute Gasteiger partial charge is 0.247 e. The molecule has 2 amide bonds. The highest BCUT2D eigenvalue weighted by atomic mass is 35.5. The summed E-state index contributed by atoms with van der Waals surface area (Å²) < 4.78 is 0. The molecule has 1 N–H and O–H groups in total. The Bertz CT molecular complexity index is 606. The molecule has 2 rings (SSSR count). The summed E-state index contributed by atoms with van der Waals surface area (Å²) >= 11 is 7.25. The zero-order chi connectivity index (χ0) is 16.1. The van der Waals surface area contributed by atoms with Crippen LogP contribution in [0.4, 0.5) is 5.69 Å². The van der Waals surface area contributed by atoms with Crippen LogP contribution in [0.5, 0.6) is 0 Å². The van der Waals surface area contributed by atoms with E-state index in [2.05, 4.69) is 10.3 Å². The van der Waals surface area contributed by atoms with E-state index >= 15 is 0 Å². The number of nitrogens with zero attached hydrogens (tertiary/aromatic N) is 2. The number of benzene rings is 1. The van der Waals surface area contributed by atoms with Crippen molar-refractivity contribution in [2.75, 3.05) is 18.0 Å². The first kappa shape index (κ1) is 16.8. The summed E-state index contributed by atoms with van der Waals surface area (Å²) in [5, 5.41) is 3.86. The standard InChI is InChI=1S/C15H18ClN3O2S/c1-3-17-15(18-4-2)22-12-9-13(20)19(14(12)21)11-7-5-6-10(16)8-11/h5-8,12H,3-4,9H2,1-2H3,(H,17,18)/t12-/m1/s1. The first-order valence-electron chi connectivity index (χ1n) is 7.14. The number of amides is 2. The molecule has 5 nitrogen and oxygen atoms in total. The quantitative estimate of drug-likeness (QED) is 0.520. The average Bonchev–Trinajstić information content (AvgIpc) is 2.74. The Balaban J connectivity index is 2.16. The highest BCUT2D eigenvalue weighted by Gasteiger charge is 2.40. The Kier molecular flexibility index (Phi) is 5.85. The van der Waals surface area contributed by atoms with Gasteiger partial charge in [0.15, 0.2) is 5.17 Å². The molecule has 0 unspecified atom stereocenters. The van der Waals surface area contributed by atoms with Gasteiger partial charge in [0.2, 0.25) is 11.8 Å². The van der Waals surface area contributed by atoms with Crippen LogP contribution in [-0.4, -0.2) is 35.3 Å². The normalized spacial score (nSPS) is 19.0. The lowest BCUT2D eigenvalue weighted by Gasteiger charge is -2.15. The van der Waals surface area contributed by atoms with Gasteiger partial charge in [-0.25, -0.2) is 4.90 Å². The Morgan fingerprint density at radius 1 is 1.45 bits per heavy atom. The van der Waals surface area contributed by atoms with E-state index in [1.165, 1.54) is 16.7 Å². The van der Waals surface area contributed by atoms with Crippen LogP contribution >= 0.6 is 23.4 Å². The topological polar surface area (TPSA) is 61.8 Å². The van der Waals surface area contributed by atoms with Crippen LogP contribution in [0.3, 0.4) is 0 Å². The Hall–Kier alpha value is -1.53. The second kappa shape index (κ2) is 7.65. The second-order valence-corrected chi connectivity index (χ2v) is 6.30. The zero-order valence-electron chi connectivity index (χ0n) is 12.5. The zero-order valence-corrected chi connectivity index (χ0v) is 14.1. The Labute approximate surface area is 139 Å². The van der Waals surface area contributed by atoms with E-state index < -0.39 is 5.25 Å². The summed E-state index contributed by atoms with van der Waals surface area (Å²) in [6, 6.07) is 6.76. The molecule has 1 saturated heterocycles. The van der Waals surface area contributed by atoms with E-state index in [1.54, 1.807) is 24.3 Å². The van der Waals surface area contributed by atoms with Crippen LogP contribution in [0.15, 0.2) is 29.3 Å². The van der Waals surface area contributed by atoms with Crippen LogP contribution < -0.4 is 10.2 Å². The maximum atomic E-state index is 12.5. The number of carbonyl (C=O) groups is 2. The van der Waals surface area contributed by atoms with Crippen LogP contribution in [-0.2, 0) is 9.59 Å². The fraction of sp³-hybridized carbons (Fsp3) is 0.400. The van der Waals surface area contributed by atoms with E-state index in [4.69, 9.17) is 11.6 Å². The third-order valence-corrected chi connectivity index (χ3v) is 4.44. The van der Waals surface area contributed by atoms with Crippen molar-refractivity contribution in [2.45, 2.75) is 25.5 Å². The molecule has 1 aliphatic heterocycles. The largest absolute Gasteiger partial charge is 0.365 e. The highest BCUT2D eigenvalue weighted by molar-refractivity contribution is 8.15. The van der Waals surface area contributed by atoms with Crippen LogP contribution in [0, 0.1) is 0 Å². The molecule has 7 heteroatoms. The summed E-state index contributed by atoms with van der Waals surface area (Å²) in [6.45, 7) is 5.24. The second-order valence-electron chi connectivity index (χ2n) is 4.67. The number of imide groups is 1. The van der Waals surface area contributed by atoms with Crippen LogP contribution in [0.2, 0.25) is 5.02 Å². The number of carbonyl (C=O) groups excluding carboxylic acids is 2. The summed E-state index contributed by atoms with van der Waals surface area (Å²) in [7, 11) is 0. The van der Waals surface area contributed by atoms with Crippen LogP contribution in [0.1, 0.15) is 20.3 Å². The SMILES string of the molecule is CCN=C(NCC)S[C@@H]1CC(=O)N(c2cccc(Cl)c2)C1=O. The molecule has 0 radical (unpaired) electrons. The summed E-state index contributed by atoms with van der Waals surface area (Å²) in [5.41, 5.74) is 0.517. The third kappa shape index (κ3) is 3.81. The third-order valence-electron chi connectivity index (χ3n) is 3.06. The monoisotopic (exact) mass is 339 g/mol. The number of nitrogens with one attached hydrogen (secondary N) is 1. The Morgan fingerprint density at radius 3 is 2.86 bits per heavy atom. The van der Waals surface area contributed by atoms with Gasteiger partial charge in [-0.15, -0.1) is 0 Å². The number of aliphatic imine (C=N–C) groups is 1. The summed E-state index contributed by atoms with van der Waals surface area (Å²) in [4.78, 5) is 30.2. The number of thioether (sulfide) groups is 1. The van der Waals surface area contributed by atoms with E-state index in [-0.39, 0.29) is 18.2 Å². The molecule has 1 aliphatic rings. The lowest BCUT2D eigenvalue weighted by atomic mass is 10.3. The van der Waals surface area contributed by atoms with Crippen LogP contribution in [0.25, 0.3) is 0 Å². The van der Waals surface area contributed by atoms with Gasteiger partial charge in [-0.3, -0.25) is 14.6 Å². The minimum Gasteiger partial charge on any atom is -0.365 e. The molecule has 0 saturated carbocycles. The van der Waals surface area contributed by atoms with Crippen molar-refractivity contribution in [3.63, 3.8) is 0 Å². The van der Waals surface area contributed by atoms with Gasteiger partial charge in [-0.05, 0) is 32.0 Å². The molecule has 1 aromatic rings. The predicted molar refractivity (Wildman–Crippen MR) is 91.6 cm³/mol.